The highest BCUT2D eigenvalue weighted by atomic mass is 35.5. The highest BCUT2D eigenvalue weighted by Gasteiger charge is 2.14. The quantitative estimate of drug-likeness (QED) is 0.225. The molecule has 23 heavy (non-hydrogen) atoms. The second kappa shape index (κ2) is 7.44. The standard InChI is InChI=1S/C16H15ClN4O2/c17-12-6-3-5-11(8-12)15(22)20-14(16(23)21-19)9-10-4-1-2-7-13(10)18/h1-9H,18-19H2,(H,20,22)(H,21,23)/b14-9-. The third-order valence-corrected chi connectivity index (χ3v) is 3.24. The Labute approximate surface area is 138 Å². The fourth-order valence-corrected chi connectivity index (χ4v) is 2.05. The second-order valence-electron chi connectivity index (χ2n) is 4.62. The van der Waals surface area contributed by atoms with E-state index in [1.54, 1.807) is 42.5 Å². The first kappa shape index (κ1) is 16.5. The number of benzene rings is 2. The number of para-hydroxylation sites is 1. The highest BCUT2D eigenvalue weighted by Crippen LogP contribution is 2.15. The Bertz CT molecular complexity index is 774. The lowest BCUT2D eigenvalue weighted by atomic mass is 10.1. The summed E-state index contributed by atoms with van der Waals surface area (Å²) in [6.07, 6.45) is 1.44. The summed E-state index contributed by atoms with van der Waals surface area (Å²) in [4.78, 5) is 24.1. The van der Waals surface area contributed by atoms with E-state index in [9.17, 15) is 9.59 Å². The third kappa shape index (κ3) is 4.32. The molecule has 0 saturated carbocycles. The summed E-state index contributed by atoms with van der Waals surface area (Å²) in [5, 5.41) is 2.92. The first-order chi connectivity index (χ1) is 11.0. The molecule has 0 heterocycles. The molecule has 0 atom stereocenters. The van der Waals surface area contributed by atoms with E-state index in [4.69, 9.17) is 23.2 Å². The monoisotopic (exact) mass is 330 g/mol. The van der Waals surface area contributed by atoms with Crippen LogP contribution in [0.1, 0.15) is 15.9 Å². The number of anilines is 1. The molecule has 6 N–H and O–H groups in total. The molecule has 0 unspecified atom stereocenters. The SMILES string of the molecule is NNC(=O)/C(=C/c1ccccc1N)NC(=O)c1cccc(Cl)c1. The summed E-state index contributed by atoms with van der Waals surface area (Å²) in [6.45, 7) is 0. The third-order valence-electron chi connectivity index (χ3n) is 3.01. The molecule has 0 aliphatic rings. The maximum absolute atomic E-state index is 12.2. The van der Waals surface area contributed by atoms with Crippen LogP contribution < -0.4 is 22.3 Å². The van der Waals surface area contributed by atoms with Gasteiger partial charge in [0.25, 0.3) is 11.8 Å². The van der Waals surface area contributed by atoms with Gasteiger partial charge in [-0.1, -0.05) is 35.9 Å². The van der Waals surface area contributed by atoms with Crippen LogP contribution in [-0.4, -0.2) is 11.8 Å². The normalized spacial score (nSPS) is 11.0. The Balaban J connectivity index is 2.31. The molecule has 0 aliphatic carbocycles. The van der Waals surface area contributed by atoms with Gasteiger partial charge in [0.1, 0.15) is 5.70 Å². The van der Waals surface area contributed by atoms with E-state index in [-0.39, 0.29) is 5.70 Å². The molecule has 7 heteroatoms. The Morgan fingerprint density at radius 1 is 1.09 bits per heavy atom. The predicted molar refractivity (Wildman–Crippen MR) is 90.1 cm³/mol. The van der Waals surface area contributed by atoms with Crippen molar-refractivity contribution >= 4 is 35.2 Å². The average Bonchev–Trinajstić information content (AvgIpc) is 2.55. The summed E-state index contributed by atoms with van der Waals surface area (Å²) in [5.74, 6) is 4.02. The first-order valence-corrected chi connectivity index (χ1v) is 7.03. The van der Waals surface area contributed by atoms with Gasteiger partial charge < -0.3 is 11.1 Å². The summed E-state index contributed by atoms with van der Waals surface area (Å²) in [5.41, 5.74) is 9.15. The number of amides is 2. The fraction of sp³-hybridized carbons (Fsp3) is 0. The summed E-state index contributed by atoms with van der Waals surface area (Å²) < 4.78 is 0. The minimum absolute atomic E-state index is 0.0321. The van der Waals surface area contributed by atoms with Crippen molar-refractivity contribution in [3.05, 3.63) is 70.4 Å². The number of halogens is 1. The summed E-state index contributed by atoms with van der Waals surface area (Å²) >= 11 is 5.86. The molecule has 0 radical (unpaired) electrons. The van der Waals surface area contributed by atoms with Gasteiger partial charge in [-0.3, -0.25) is 15.0 Å². The zero-order valence-corrected chi connectivity index (χ0v) is 12.8. The number of nitrogens with one attached hydrogen (secondary N) is 2. The zero-order valence-electron chi connectivity index (χ0n) is 12.0. The molecule has 0 fully saturated rings. The van der Waals surface area contributed by atoms with Crippen LogP contribution in [0.15, 0.2) is 54.2 Å². The first-order valence-electron chi connectivity index (χ1n) is 6.65. The minimum Gasteiger partial charge on any atom is -0.398 e. The van der Waals surface area contributed by atoms with Crippen LogP contribution in [0.25, 0.3) is 6.08 Å². The van der Waals surface area contributed by atoms with Crippen molar-refractivity contribution in [1.82, 2.24) is 10.7 Å². The van der Waals surface area contributed by atoms with Gasteiger partial charge in [-0.05, 0) is 35.9 Å². The molecule has 2 rings (SSSR count). The predicted octanol–water partition coefficient (Wildman–Crippen LogP) is 1.68. The van der Waals surface area contributed by atoms with Crippen LogP contribution in [0.4, 0.5) is 5.69 Å². The molecule has 118 valence electrons. The fourth-order valence-electron chi connectivity index (χ4n) is 1.86. The van der Waals surface area contributed by atoms with Gasteiger partial charge in [0.15, 0.2) is 0 Å². The molecule has 0 aliphatic heterocycles. The van der Waals surface area contributed by atoms with Gasteiger partial charge >= 0.3 is 0 Å². The number of rotatable bonds is 4. The van der Waals surface area contributed by atoms with Crippen LogP contribution in [0.3, 0.4) is 0 Å². The molecule has 2 aromatic carbocycles. The van der Waals surface area contributed by atoms with Crippen LogP contribution in [0.5, 0.6) is 0 Å². The van der Waals surface area contributed by atoms with E-state index < -0.39 is 11.8 Å². The van der Waals surface area contributed by atoms with Gasteiger partial charge in [-0.25, -0.2) is 5.84 Å². The molecule has 2 aromatic rings. The van der Waals surface area contributed by atoms with Crippen LogP contribution in [0, 0.1) is 0 Å². The van der Waals surface area contributed by atoms with Crippen molar-refractivity contribution in [3.8, 4) is 0 Å². The largest absolute Gasteiger partial charge is 0.398 e. The van der Waals surface area contributed by atoms with E-state index in [0.717, 1.165) is 0 Å². The highest BCUT2D eigenvalue weighted by molar-refractivity contribution is 6.31. The van der Waals surface area contributed by atoms with Crippen LogP contribution >= 0.6 is 11.6 Å². The molecule has 0 saturated heterocycles. The molecule has 6 nitrogen and oxygen atoms in total. The molecule has 0 bridgehead atoms. The van der Waals surface area contributed by atoms with Crippen LogP contribution in [0.2, 0.25) is 5.02 Å². The van der Waals surface area contributed by atoms with E-state index in [1.807, 2.05) is 5.43 Å². The number of nitrogen functional groups attached to an aromatic ring is 1. The lowest BCUT2D eigenvalue weighted by molar-refractivity contribution is -0.117. The Kier molecular flexibility index (Phi) is 5.35. The van der Waals surface area contributed by atoms with Crippen molar-refractivity contribution in [3.63, 3.8) is 0 Å². The van der Waals surface area contributed by atoms with Crippen LogP contribution in [-0.2, 0) is 4.79 Å². The van der Waals surface area contributed by atoms with Crippen molar-refractivity contribution in [2.75, 3.05) is 5.73 Å². The van der Waals surface area contributed by atoms with Gasteiger partial charge in [0.05, 0.1) is 0 Å². The number of carbonyl (C=O) groups excluding carboxylic acids is 2. The molecular weight excluding hydrogens is 316 g/mol. The zero-order chi connectivity index (χ0) is 16.8. The van der Waals surface area contributed by atoms with Gasteiger partial charge in [0.2, 0.25) is 0 Å². The topological polar surface area (TPSA) is 110 Å². The smallest absolute Gasteiger partial charge is 0.281 e. The Morgan fingerprint density at radius 3 is 2.48 bits per heavy atom. The average molecular weight is 331 g/mol. The van der Waals surface area contributed by atoms with Crippen molar-refractivity contribution < 1.29 is 9.59 Å². The second-order valence-corrected chi connectivity index (χ2v) is 5.06. The van der Waals surface area contributed by atoms with Gasteiger partial charge in [0, 0.05) is 16.3 Å². The van der Waals surface area contributed by atoms with E-state index >= 15 is 0 Å². The number of carbonyl (C=O) groups is 2. The maximum atomic E-state index is 12.2. The van der Waals surface area contributed by atoms with E-state index in [2.05, 4.69) is 5.32 Å². The van der Waals surface area contributed by atoms with Crippen molar-refractivity contribution in [2.24, 2.45) is 5.84 Å². The lowest BCUT2D eigenvalue weighted by Gasteiger charge is -2.10. The Morgan fingerprint density at radius 2 is 1.83 bits per heavy atom. The maximum Gasteiger partial charge on any atom is 0.281 e. The number of hydrogen-bond acceptors (Lipinski definition) is 4. The van der Waals surface area contributed by atoms with E-state index in [0.29, 0.717) is 21.8 Å². The Hall–Kier alpha value is -2.83. The molecule has 0 spiro atoms. The van der Waals surface area contributed by atoms with Crippen molar-refractivity contribution in [2.45, 2.75) is 0 Å². The molecule has 2 amide bonds. The van der Waals surface area contributed by atoms with Gasteiger partial charge in [-0.2, -0.15) is 0 Å². The minimum atomic E-state index is -0.649. The lowest BCUT2D eigenvalue weighted by Crippen LogP contribution is -2.38. The number of hydrogen-bond donors (Lipinski definition) is 4. The summed E-state index contributed by atoms with van der Waals surface area (Å²) in [7, 11) is 0. The molecule has 0 aromatic heterocycles. The van der Waals surface area contributed by atoms with E-state index in [1.165, 1.54) is 12.1 Å². The number of hydrazine groups is 1. The number of nitrogens with two attached hydrogens (primary N) is 2. The summed E-state index contributed by atoms with van der Waals surface area (Å²) in [6, 6.07) is 13.3. The molecular formula is C16H15ClN4O2. The van der Waals surface area contributed by atoms with Gasteiger partial charge in [-0.15, -0.1) is 0 Å². The van der Waals surface area contributed by atoms with Crippen molar-refractivity contribution in [1.29, 1.82) is 0 Å².